The van der Waals surface area contributed by atoms with Crippen molar-refractivity contribution in [3.63, 3.8) is 0 Å². The highest BCUT2D eigenvalue weighted by atomic mass is 19.4. The molecule has 2 nitrogen and oxygen atoms in total. The monoisotopic (exact) mass is 309 g/mol. The molecule has 0 aliphatic carbocycles. The number of nitrogens with zero attached hydrogens (tertiary/aromatic N) is 1. The van der Waals surface area contributed by atoms with Crippen LogP contribution < -0.4 is 0 Å². The average molecular weight is 309 g/mol. The van der Waals surface area contributed by atoms with E-state index in [0.29, 0.717) is 18.6 Å². The molecule has 0 aliphatic rings. The van der Waals surface area contributed by atoms with Crippen LogP contribution in [0.2, 0.25) is 0 Å². The number of halogens is 6. The molecule has 0 bridgehead atoms. The fraction of sp³-hybridized carbons (Fsp3) is 0.308. The lowest BCUT2D eigenvalue weighted by atomic mass is 10.0. The Morgan fingerprint density at radius 2 is 1.48 bits per heavy atom. The molecule has 1 aromatic heterocycles. The van der Waals surface area contributed by atoms with Crippen LogP contribution in [0.3, 0.4) is 0 Å². The lowest BCUT2D eigenvalue weighted by molar-refractivity contribution is -0.143. The molecule has 21 heavy (non-hydrogen) atoms. The topological polar surface area (TPSA) is 26.0 Å². The maximum absolute atomic E-state index is 12.7. The number of hydrogen-bond donors (Lipinski definition) is 0. The Bertz CT molecular complexity index is 609. The highest BCUT2D eigenvalue weighted by Crippen LogP contribution is 2.38. The summed E-state index contributed by atoms with van der Waals surface area (Å²) in [6, 6.07) is 1.31. The van der Waals surface area contributed by atoms with E-state index in [1.54, 1.807) is 6.92 Å². The number of hydrogen-bond acceptors (Lipinski definition) is 2. The van der Waals surface area contributed by atoms with Crippen molar-refractivity contribution in [3.05, 3.63) is 41.5 Å². The van der Waals surface area contributed by atoms with Crippen molar-refractivity contribution in [2.45, 2.75) is 25.7 Å². The van der Waals surface area contributed by atoms with Crippen molar-refractivity contribution in [1.82, 2.24) is 4.98 Å². The largest absolute Gasteiger partial charge is 0.448 e. The fourth-order valence-electron chi connectivity index (χ4n) is 1.71. The van der Waals surface area contributed by atoms with Crippen molar-refractivity contribution >= 4 is 0 Å². The van der Waals surface area contributed by atoms with Crippen molar-refractivity contribution in [3.8, 4) is 11.3 Å². The Morgan fingerprint density at radius 1 is 0.952 bits per heavy atom. The highest BCUT2D eigenvalue weighted by Gasteiger charge is 2.37. The zero-order chi connectivity index (χ0) is 15.8. The van der Waals surface area contributed by atoms with E-state index < -0.39 is 23.5 Å². The number of rotatable bonds is 2. The number of alkyl halides is 6. The number of aryl methyl sites for hydroxylation is 1. The van der Waals surface area contributed by atoms with E-state index in [0.717, 1.165) is 6.26 Å². The molecule has 0 unspecified atom stereocenters. The highest BCUT2D eigenvalue weighted by molar-refractivity contribution is 5.61. The molecule has 0 spiro atoms. The van der Waals surface area contributed by atoms with Gasteiger partial charge >= 0.3 is 12.4 Å². The van der Waals surface area contributed by atoms with Gasteiger partial charge in [0.25, 0.3) is 0 Å². The molecule has 1 aromatic carbocycles. The lowest BCUT2D eigenvalue weighted by Crippen LogP contribution is -2.11. The molecule has 0 N–H and O–H groups in total. The van der Waals surface area contributed by atoms with E-state index >= 15 is 0 Å². The van der Waals surface area contributed by atoms with Gasteiger partial charge in [0.2, 0.25) is 0 Å². The summed E-state index contributed by atoms with van der Waals surface area (Å²) >= 11 is 0. The van der Waals surface area contributed by atoms with E-state index in [1.165, 1.54) is 0 Å². The quantitative estimate of drug-likeness (QED) is 0.734. The Kier molecular flexibility index (Phi) is 3.73. The van der Waals surface area contributed by atoms with Gasteiger partial charge in [-0.1, -0.05) is 6.92 Å². The second-order valence-electron chi connectivity index (χ2n) is 4.27. The van der Waals surface area contributed by atoms with Crippen molar-refractivity contribution in [1.29, 1.82) is 0 Å². The van der Waals surface area contributed by atoms with Crippen LogP contribution in [0.25, 0.3) is 11.3 Å². The summed E-state index contributed by atoms with van der Waals surface area (Å²) < 4.78 is 81.2. The van der Waals surface area contributed by atoms with E-state index in [4.69, 9.17) is 4.42 Å². The Hall–Kier alpha value is -1.99. The first kappa shape index (κ1) is 15.4. The van der Waals surface area contributed by atoms with Gasteiger partial charge in [-0.05, 0) is 18.2 Å². The van der Waals surface area contributed by atoms with Crippen LogP contribution in [0.4, 0.5) is 26.3 Å². The van der Waals surface area contributed by atoms with Crippen LogP contribution in [0.5, 0.6) is 0 Å². The minimum absolute atomic E-state index is 0.0662. The van der Waals surface area contributed by atoms with Crippen LogP contribution in [0, 0.1) is 0 Å². The molecule has 0 fully saturated rings. The van der Waals surface area contributed by atoms with E-state index in [2.05, 4.69) is 4.98 Å². The molecular weight excluding hydrogens is 300 g/mol. The summed E-state index contributed by atoms with van der Waals surface area (Å²) in [6.07, 6.45) is -8.35. The van der Waals surface area contributed by atoms with Gasteiger partial charge in [0, 0.05) is 12.0 Å². The van der Waals surface area contributed by atoms with Crippen LogP contribution in [0.1, 0.15) is 23.9 Å². The summed E-state index contributed by atoms with van der Waals surface area (Å²) in [6.45, 7) is 1.70. The van der Waals surface area contributed by atoms with E-state index in [9.17, 15) is 26.3 Å². The third-order valence-corrected chi connectivity index (χ3v) is 2.74. The molecule has 114 valence electrons. The SMILES string of the molecule is CCc1nc(-c2cc(C(F)(F)F)cc(C(F)(F)F)c2)co1. The maximum Gasteiger partial charge on any atom is 0.416 e. The van der Waals surface area contributed by atoms with Crippen LogP contribution >= 0.6 is 0 Å². The van der Waals surface area contributed by atoms with Crippen molar-refractivity contribution < 1.29 is 30.8 Å². The van der Waals surface area contributed by atoms with Gasteiger partial charge in [0.05, 0.1) is 11.1 Å². The Labute approximate surface area is 115 Å². The second kappa shape index (κ2) is 5.09. The molecule has 2 rings (SSSR count). The van der Waals surface area contributed by atoms with Crippen LogP contribution in [-0.2, 0) is 18.8 Å². The Balaban J connectivity index is 2.60. The first-order valence-electron chi connectivity index (χ1n) is 5.85. The fourth-order valence-corrected chi connectivity index (χ4v) is 1.71. The summed E-state index contributed by atoms with van der Waals surface area (Å²) in [5.41, 5.74) is -3.12. The minimum Gasteiger partial charge on any atom is -0.448 e. The van der Waals surface area contributed by atoms with Gasteiger partial charge in [-0.3, -0.25) is 0 Å². The predicted octanol–water partition coefficient (Wildman–Crippen LogP) is 4.94. The molecular formula is C13H9F6NO. The smallest absolute Gasteiger partial charge is 0.416 e. The zero-order valence-electron chi connectivity index (χ0n) is 10.6. The van der Waals surface area contributed by atoms with Gasteiger partial charge in [0.15, 0.2) is 5.89 Å². The van der Waals surface area contributed by atoms with E-state index in [-0.39, 0.29) is 23.2 Å². The van der Waals surface area contributed by atoms with Gasteiger partial charge in [-0.25, -0.2) is 4.98 Å². The maximum atomic E-state index is 12.7. The standard InChI is InChI=1S/C13H9F6NO/c1-2-11-20-10(6-21-11)7-3-8(12(14,15)16)5-9(4-7)13(17,18)19/h3-6H,2H2,1H3. The summed E-state index contributed by atoms with van der Waals surface area (Å²) in [5, 5.41) is 0. The Morgan fingerprint density at radius 3 is 1.86 bits per heavy atom. The summed E-state index contributed by atoms with van der Waals surface area (Å²) in [4.78, 5) is 3.84. The average Bonchev–Trinajstić information content (AvgIpc) is 2.85. The van der Waals surface area contributed by atoms with Gasteiger partial charge in [-0.2, -0.15) is 26.3 Å². The van der Waals surface area contributed by atoms with Gasteiger partial charge in [0.1, 0.15) is 12.0 Å². The zero-order valence-corrected chi connectivity index (χ0v) is 10.6. The summed E-state index contributed by atoms with van der Waals surface area (Å²) in [7, 11) is 0. The molecule has 1 heterocycles. The van der Waals surface area contributed by atoms with Crippen molar-refractivity contribution in [2.24, 2.45) is 0 Å². The summed E-state index contributed by atoms with van der Waals surface area (Å²) in [5.74, 6) is 0.232. The first-order valence-corrected chi connectivity index (χ1v) is 5.85. The number of benzene rings is 1. The third-order valence-electron chi connectivity index (χ3n) is 2.74. The van der Waals surface area contributed by atoms with E-state index in [1.807, 2.05) is 0 Å². The van der Waals surface area contributed by atoms with Gasteiger partial charge < -0.3 is 4.42 Å². The molecule has 0 radical (unpaired) electrons. The first-order chi connectivity index (χ1) is 9.61. The van der Waals surface area contributed by atoms with Crippen molar-refractivity contribution in [2.75, 3.05) is 0 Å². The molecule has 0 amide bonds. The number of oxazole rings is 1. The molecule has 0 atom stereocenters. The molecule has 2 aromatic rings. The molecule has 0 aliphatic heterocycles. The minimum atomic E-state index is -4.88. The third kappa shape index (κ3) is 3.37. The van der Waals surface area contributed by atoms with Crippen LogP contribution in [0.15, 0.2) is 28.9 Å². The number of aromatic nitrogens is 1. The molecule has 8 heteroatoms. The predicted molar refractivity (Wildman–Crippen MR) is 61.3 cm³/mol. The molecule has 0 saturated heterocycles. The second-order valence-corrected chi connectivity index (χ2v) is 4.27. The molecule has 0 saturated carbocycles. The lowest BCUT2D eigenvalue weighted by Gasteiger charge is -2.13. The van der Waals surface area contributed by atoms with Gasteiger partial charge in [-0.15, -0.1) is 0 Å². The normalized spacial score (nSPS) is 12.7. The van der Waals surface area contributed by atoms with Crippen LogP contribution in [-0.4, -0.2) is 4.98 Å².